The number of rotatable bonds is 1. The van der Waals surface area contributed by atoms with Crippen LogP contribution in [0, 0.1) is 190 Å². The van der Waals surface area contributed by atoms with Crippen molar-refractivity contribution in [2.24, 2.45) is 0 Å². The van der Waals surface area contributed by atoms with Crippen LogP contribution in [0.4, 0.5) is 13.2 Å². The lowest BCUT2D eigenvalue weighted by molar-refractivity contribution is -0.138. The SMILES string of the molecule is C#CC#CC#CC#CC#CC#CC#CC#CC#CC#CC#CC#CC#CC#CC#CC#CC.O=Cc1ccncc1C(F)(F)F. The summed E-state index contributed by atoms with van der Waals surface area (Å²) >= 11 is 0. The molecule has 0 aliphatic rings. The summed E-state index contributed by atoms with van der Waals surface area (Å²) in [5.74, 6) is 76.9. The highest BCUT2D eigenvalue weighted by molar-refractivity contribution is 5.77. The number of halogens is 3. The molecule has 0 spiro atoms. The molecule has 0 radical (unpaired) electrons. The van der Waals surface area contributed by atoms with Crippen LogP contribution < -0.4 is 0 Å². The molecule has 1 aromatic rings. The van der Waals surface area contributed by atoms with Gasteiger partial charge in [-0.2, -0.15) is 13.2 Å². The van der Waals surface area contributed by atoms with Crippen LogP contribution in [0.25, 0.3) is 0 Å². The molecule has 1 aromatic heterocycles. The quantitative estimate of drug-likeness (QED) is 0.381. The maximum absolute atomic E-state index is 12.0. The Morgan fingerprint density at radius 3 is 1.07 bits per heavy atom. The van der Waals surface area contributed by atoms with Gasteiger partial charge in [-0.05, 0) is 108 Å². The number of terminal acetylenes is 1. The highest BCUT2D eigenvalue weighted by Crippen LogP contribution is 2.30. The number of alkyl halides is 3. The minimum Gasteiger partial charge on any atom is -0.298 e. The predicted molar refractivity (Wildman–Crippen MR) is 166 cm³/mol. The van der Waals surface area contributed by atoms with Crippen molar-refractivity contribution in [2.45, 2.75) is 13.1 Å². The Bertz CT molecular complexity index is 2330. The zero-order valence-electron chi connectivity index (χ0n) is 22.9. The third-order valence-electron chi connectivity index (χ3n) is 3.23. The molecule has 0 bridgehead atoms. The van der Waals surface area contributed by atoms with Gasteiger partial charge in [0.15, 0.2) is 6.29 Å². The van der Waals surface area contributed by atoms with Gasteiger partial charge in [0, 0.05) is 101 Å². The van der Waals surface area contributed by atoms with Gasteiger partial charge in [-0.1, -0.05) is 5.92 Å². The lowest BCUT2D eigenvalue weighted by atomic mass is 10.1. The molecule has 0 aromatic carbocycles. The summed E-state index contributed by atoms with van der Waals surface area (Å²) in [7, 11) is 0. The van der Waals surface area contributed by atoms with E-state index in [0.29, 0.717) is 6.20 Å². The number of carbonyl (C=O) groups excluding carboxylic acids is 1. The Morgan fingerprint density at radius 2 is 0.844 bits per heavy atom. The molecule has 0 atom stereocenters. The molecule has 2 nitrogen and oxygen atoms in total. The third kappa shape index (κ3) is 24.4. The zero-order chi connectivity index (χ0) is 33.1. The van der Waals surface area contributed by atoms with E-state index in [9.17, 15) is 18.0 Å². The first-order valence-corrected chi connectivity index (χ1v) is 11.3. The van der Waals surface area contributed by atoms with Crippen molar-refractivity contribution in [1.82, 2.24) is 4.98 Å². The van der Waals surface area contributed by atoms with Gasteiger partial charge in [-0.15, -0.1) is 6.42 Å². The van der Waals surface area contributed by atoms with E-state index >= 15 is 0 Å². The van der Waals surface area contributed by atoms with Crippen molar-refractivity contribution >= 4 is 6.29 Å². The molecule has 200 valence electrons. The van der Waals surface area contributed by atoms with Crippen LogP contribution in [0.5, 0.6) is 0 Å². The van der Waals surface area contributed by atoms with E-state index < -0.39 is 17.3 Å². The minimum atomic E-state index is -4.51. The van der Waals surface area contributed by atoms with Gasteiger partial charge in [0.1, 0.15) is 0 Å². The normalized spacial score (nSPS) is 5.84. The molecule has 0 fully saturated rings. The highest BCUT2D eigenvalue weighted by atomic mass is 19.4. The van der Waals surface area contributed by atoms with Crippen molar-refractivity contribution in [3.63, 3.8) is 0 Å². The van der Waals surface area contributed by atoms with Crippen LogP contribution in [-0.2, 0) is 6.18 Å². The number of aromatic nitrogens is 1. The molecular weight excluding hydrogens is 567 g/mol. The molecule has 1 heterocycles. The summed E-state index contributed by atoms with van der Waals surface area (Å²) < 4.78 is 36.1. The monoisotopic (exact) mass is 575 g/mol. The van der Waals surface area contributed by atoms with Crippen molar-refractivity contribution in [2.75, 3.05) is 0 Å². The Labute approximate surface area is 261 Å². The molecule has 0 unspecified atom stereocenters. The fourth-order valence-corrected chi connectivity index (χ4v) is 1.69. The Kier molecular flexibility index (Phi) is 22.1. The van der Waals surface area contributed by atoms with Crippen LogP contribution in [-0.4, -0.2) is 11.3 Å². The number of hydrogen-bond donors (Lipinski definition) is 0. The van der Waals surface area contributed by atoms with E-state index in [2.05, 4.69) is 189 Å². The number of nitrogens with zero attached hydrogens (tertiary/aromatic N) is 1. The van der Waals surface area contributed by atoms with Gasteiger partial charge >= 0.3 is 6.18 Å². The molecule has 0 saturated carbocycles. The standard InChI is InChI=1S/C33H4.C7H4F3NO/c1-3-5-7-9-11-13-15-17-19-21-23-25-27-29-31-33-32-30-28-26-24-22-20-18-16-14-12-10-8-6-4-2;8-7(9,10)6-3-11-2-1-5(6)4-12/h1H,2H3;1-4H. The van der Waals surface area contributed by atoms with Gasteiger partial charge in [0.05, 0.1) is 5.56 Å². The summed E-state index contributed by atoms with van der Waals surface area (Å²) in [6.45, 7) is 1.69. The first-order chi connectivity index (χ1) is 22.0. The van der Waals surface area contributed by atoms with Gasteiger partial charge in [0.2, 0.25) is 0 Å². The average Bonchev–Trinajstić information content (AvgIpc) is 3.04. The second-order valence-corrected chi connectivity index (χ2v) is 6.10. The van der Waals surface area contributed by atoms with Crippen molar-refractivity contribution in [3.05, 3.63) is 29.6 Å². The summed E-state index contributed by atoms with van der Waals surface area (Å²) in [5, 5.41) is 0. The highest BCUT2D eigenvalue weighted by Gasteiger charge is 2.33. The van der Waals surface area contributed by atoms with E-state index in [0.717, 1.165) is 12.3 Å². The second kappa shape index (κ2) is 27.1. The lowest BCUT2D eigenvalue weighted by Gasteiger charge is -2.06. The lowest BCUT2D eigenvalue weighted by Crippen LogP contribution is -2.08. The minimum absolute atomic E-state index is 0.157. The molecule has 0 aliphatic carbocycles. The van der Waals surface area contributed by atoms with Crippen LogP contribution in [0.2, 0.25) is 0 Å². The summed E-state index contributed by atoms with van der Waals surface area (Å²) in [6.07, 6.45) is 2.34. The van der Waals surface area contributed by atoms with Gasteiger partial charge in [0.25, 0.3) is 0 Å². The van der Waals surface area contributed by atoms with Crippen LogP contribution in [0.15, 0.2) is 18.5 Å². The first kappa shape index (κ1) is 36.6. The molecule has 0 amide bonds. The fraction of sp³-hybridized carbons (Fsp3) is 0.0500. The molecule has 1 rings (SSSR count). The van der Waals surface area contributed by atoms with Gasteiger partial charge in [-0.25, -0.2) is 0 Å². The first-order valence-electron chi connectivity index (χ1n) is 11.3. The number of carbonyl (C=O) groups is 1. The van der Waals surface area contributed by atoms with Crippen LogP contribution in [0.3, 0.4) is 0 Å². The van der Waals surface area contributed by atoms with E-state index in [1.807, 2.05) is 0 Å². The van der Waals surface area contributed by atoms with Gasteiger partial charge in [-0.3, -0.25) is 9.78 Å². The number of hydrogen-bond acceptors (Lipinski definition) is 2. The molecule has 45 heavy (non-hydrogen) atoms. The Balaban J connectivity index is 0.00000133. The van der Waals surface area contributed by atoms with Crippen LogP contribution in [0.1, 0.15) is 22.8 Å². The van der Waals surface area contributed by atoms with Crippen LogP contribution >= 0.6 is 0 Å². The molecular formula is C40H8F3NO. The average molecular weight is 576 g/mol. The maximum Gasteiger partial charge on any atom is 0.418 e. The second-order valence-electron chi connectivity index (χ2n) is 6.10. The molecule has 5 heteroatoms. The smallest absolute Gasteiger partial charge is 0.298 e. The number of pyridine rings is 1. The van der Waals surface area contributed by atoms with E-state index in [4.69, 9.17) is 6.42 Å². The zero-order valence-corrected chi connectivity index (χ0v) is 22.9. The van der Waals surface area contributed by atoms with Crippen molar-refractivity contribution in [1.29, 1.82) is 0 Å². The molecule has 0 N–H and O–H groups in total. The van der Waals surface area contributed by atoms with Crippen molar-refractivity contribution in [3.8, 4) is 190 Å². The predicted octanol–water partition coefficient (Wildman–Crippen LogP) is 2.60. The Hall–Kier alpha value is -8.43. The Morgan fingerprint density at radius 1 is 0.556 bits per heavy atom. The fourth-order valence-electron chi connectivity index (χ4n) is 1.69. The summed E-state index contributed by atoms with van der Waals surface area (Å²) in [5.41, 5.74) is -1.39. The number of aldehydes is 1. The van der Waals surface area contributed by atoms with E-state index in [1.54, 1.807) is 6.92 Å². The molecule has 0 saturated heterocycles. The largest absolute Gasteiger partial charge is 0.418 e. The topological polar surface area (TPSA) is 30.0 Å². The van der Waals surface area contributed by atoms with Gasteiger partial charge < -0.3 is 0 Å². The summed E-state index contributed by atoms with van der Waals surface area (Å²) in [4.78, 5) is 13.4. The van der Waals surface area contributed by atoms with Crippen molar-refractivity contribution < 1.29 is 18.0 Å². The van der Waals surface area contributed by atoms with E-state index in [1.165, 1.54) is 0 Å². The summed E-state index contributed by atoms with van der Waals surface area (Å²) in [6, 6.07) is 1.02. The van der Waals surface area contributed by atoms with E-state index in [-0.39, 0.29) is 6.29 Å². The molecule has 0 aliphatic heterocycles. The third-order valence-corrected chi connectivity index (χ3v) is 3.23. The maximum atomic E-state index is 12.0.